The highest BCUT2D eigenvalue weighted by Gasteiger charge is 2.12. The molecule has 1 aromatic carbocycles. The van der Waals surface area contributed by atoms with Gasteiger partial charge in [-0.2, -0.15) is 0 Å². The third kappa shape index (κ3) is 5.06. The fraction of sp³-hybridized carbons (Fsp3) is 0.294. The highest BCUT2D eigenvalue weighted by Crippen LogP contribution is 2.14. The lowest BCUT2D eigenvalue weighted by Crippen LogP contribution is -2.30. The Labute approximate surface area is 145 Å². The van der Waals surface area contributed by atoms with Gasteiger partial charge in [0.2, 0.25) is 5.91 Å². The van der Waals surface area contributed by atoms with Gasteiger partial charge in [0.1, 0.15) is 0 Å². The van der Waals surface area contributed by atoms with E-state index < -0.39 is 0 Å². The lowest BCUT2D eigenvalue weighted by atomic mass is 10.2. The zero-order valence-corrected chi connectivity index (χ0v) is 14.5. The second kappa shape index (κ2) is 9.02. The summed E-state index contributed by atoms with van der Waals surface area (Å²) in [5.74, 6) is 0.0781. The Balaban J connectivity index is 1.89. The van der Waals surface area contributed by atoms with E-state index in [2.05, 4.69) is 15.3 Å². The van der Waals surface area contributed by atoms with Crippen LogP contribution in [0.3, 0.4) is 0 Å². The van der Waals surface area contributed by atoms with Crippen LogP contribution in [0, 0.1) is 0 Å². The van der Waals surface area contributed by atoms with E-state index in [0.717, 1.165) is 0 Å². The summed E-state index contributed by atoms with van der Waals surface area (Å²) in [6.45, 7) is 5.24. The molecule has 0 fully saturated rings. The van der Waals surface area contributed by atoms with Gasteiger partial charge in [-0.25, -0.2) is 9.97 Å². The lowest BCUT2D eigenvalue weighted by molar-refractivity contribution is -0.113. The number of nitrogens with zero attached hydrogens (tertiary/aromatic N) is 3. The quantitative estimate of drug-likeness (QED) is 0.617. The van der Waals surface area contributed by atoms with Crippen molar-refractivity contribution in [1.29, 1.82) is 0 Å². The molecular weight excluding hydrogens is 324 g/mol. The van der Waals surface area contributed by atoms with Crippen LogP contribution in [0.25, 0.3) is 0 Å². The van der Waals surface area contributed by atoms with Crippen LogP contribution in [0.15, 0.2) is 47.9 Å². The first-order chi connectivity index (χ1) is 11.6. The lowest BCUT2D eigenvalue weighted by Gasteiger charge is -2.18. The number of hydrogen-bond acceptors (Lipinski definition) is 5. The number of nitrogens with one attached hydrogen (secondary N) is 1. The van der Waals surface area contributed by atoms with E-state index in [0.29, 0.717) is 29.5 Å². The molecule has 0 aliphatic carbocycles. The first kappa shape index (κ1) is 17.9. The largest absolute Gasteiger partial charge is 0.339 e. The fourth-order valence-corrected chi connectivity index (χ4v) is 2.68. The zero-order valence-electron chi connectivity index (χ0n) is 13.7. The van der Waals surface area contributed by atoms with Gasteiger partial charge in [0.05, 0.1) is 5.75 Å². The van der Waals surface area contributed by atoms with Gasteiger partial charge in [-0.15, -0.1) is 0 Å². The summed E-state index contributed by atoms with van der Waals surface area (Å²) in [5, 5.41) is 3.36. The minimum Gasteiger partial charge on any atom is -0.339 e. The molecule has 1 heterocycles. The van der Waals surface area contributed by atoms with Crippen LogP contribution >= 0.6 is 11.8 Å². The standard InChI is InChI=1S/C17H20N4O2S/c1-3-21(4-2)16(23)13-6-8-14(9-7-13)20-15(22)12-24-17-18-10-5-11-19-17/h5-11H,3-4,12H2,1-2H3,(H,20,22). The summed E-state index contributed by atoms with van der Waals surface area (Å²) in [7, 11) is 0. The average molecular weight is 344 g/mol. The molecule has 0 bridgehead atoms. The second-order valence-electron chi connectivity index (χ2n) is 4.92. The van der Waals surface area contributed by atoms with Crippen LogP contribution in [-0.4, -0.2) is 45.5 Å². The predicted molar refractivity (Wildman–Crippen MR) is 95.1 cm³/mol. The highest BCUT2D eigenvalue weighted by molar-refractivity contribution is 7.99. The molecule has 0 saturated heterocycles. The van der Waals surface area contributed by atoms with Gasteiger partial charge in [-0.1, -0.05) is 11.8 Å². The van der Waals surface area contributed by atoms with Crippen LogP contribution < -0.4 is 5.32 Å². The van der Waals surface area contributed by atoms with Crippen molar-refractivity contribution in [3.63, 3.8) is 0 Å². The molecular formula is C17H20N4O2S. The minimum absolute atomic E-state index is 0.00495. The van der Waals surface area contributed by atoms with E-state index in [9.17, 15) is 9.59 Å². The molecule has 1 N–H and O–H groups in total. The first-order valence-electron chi connectivity index (χ1n) is 7.73. The van der Waals surface area contributed by atoms with Crippen molar-refractivity contribution in [2.24, 2.45) is 0 Å². The number of rotatable bonds is 7. The molecule has 2 rings (SSSR count). The minimum atomic E-state index is -0.143. The van der Waals surface area contributed by atoms with E-state index >= 15 is 0 Å². The molecule has 7 heteroatoms. The molecule has 2 amide bonds. The monoisotopic (exact) mass is 344 g/mol. The van der Waals surface area contributed by atoms with Gasteiger partial charge in [0.25, 0.3) is 5.91 Å². The first-order valence-corrected chi connectivity index (χ1v) is 8.71. The van der Waals surface area contributed by atoms with Crippen molar-refractivity contribution in [3.05, 3.63) is 48.3 Å². The van der Waals surface area contributed by atoms with Gasteiger partial charge in [0.15, 0.2) is 5.16 Å². The van der Waals surface area contributed by atoms with E-state index in [1.165, 1.54) is 11.8 Å². The number of thioether (sulfide) groups is 1. The van der Waals surface area contributed by atoms with E-state index in [1.807, 2.05) is 13.8 Å². The Morgan fingerprint density at radius 2 is 1.71 bits per heavy atom. The Morgan fingerprint density at radius 1 is 1.08 bits per heavy atom. The summed E-state index contributed by atoms with van der Waals surface area (Å²) in [6.07, 6.45) is 3.28. The number of carbonyl (C=O) groups is 2. The Bertz CT molecular complexity index is 673. The van der Waals surface area contributed by atoms with E-state index in [4.69, 9.17) is 0 Å². The topological polar surface area (TPSA) is 75.2 Å². The van der Waals surface area contributed by atoms with Gasteiger partial charge in [-0.3, -0.25) is 9.59 Å². The van der Waals surface area contributed by atoms with Crippen LogP contribution in [-0.2, 0) is 4.79 Å². The maximum atomic E-state index is 12.2. The van der Waals surface area contributed by atoms with Crippen LogP contribution in [0.1, 0.15) is 24.2 Å². The van der Waals surface area contributed by atoms with Gasteiger partial charge in [0, 0.05) is 36.7 Å². The van der Waals surface area contributed by atoms with Crippen LogP contribution in [0.5, 0.6) is 0 Å². The average Bonchev–Trinajstić information content (AvgIpc) is 2.62. The Morgan fingerprint density at radius 3 is 2.29 bits per heavy atom. The number of aromatic nitrogens is 2. The second-order valence-corrected chi connectivity index (χ2v) is 5.87. The number of anilines is 1. The summed E-state index contributed by atoms with van der Waals surface area (Å²) in [6, 6.07) is 8.65. The van der Waals surface area contributed by atoms with Crippen molar-refractivity contribution in [2.75, 3.05) is 24.2 Å². The Hall–Kier alpha value is -2.41. The maximum Gasteiger partial charge on any atom is 0.253 e. The van der Waals surface area contributed by atoms with E-state index in [1.54, 1.807) is 47.6 Å². The normalized spacial score (nSPS) is 10.2. The summed E-state index contributed by atoms with van der Waals surface area (Å²) >= 11 is 1.27. The fourth-order valence-electron chi connectivity index (χ4n) is 2.08. The molecule has 2 aromatic rings. The SMILES string of the molecule is CCN(CC)C(=O)c1ccc(NC(=O)CSc2ncccn2)cc1. The smallest absolute Gasteiger partial charge is 0.253 e. The van der Waals surface area contributed by atoms with Crippen molar-refractivity contribution < 1.29 is 9.59 Å². The molecule has 0 atom stereocenters. The number of carbonyl (C=O) groups excluding carboxylic acids is 2. The molecule has 0 spiro atoms. The van der Waals surface area contributed by atoms with Crippen molar-refractivity contribution in [3.8, 4) is 0 Å². The van der Waals surface area contributed by atoms with Gasteiger partial charge < -0.3 is 10.2 Å². The van der Waals surface area contributed by atoms with Crippen molar-refractivity contribution >= 4 is 29.3 Å². The Kier molecular flexibility index (Phi) is 6.74. The third-order valence-corrected chi connectivity index (χ3v) is 4.22. The van der Waals surface area contributed by atoms with E-state index in [-0.39, 0.29) is 17.6 Å². The summed E-state index contributed by atoms with van der Waals surface area (Å²) in [4.78, 5) is 34.0. The predicted octanol–water partition coefficient (Wildman–Crippen LogP) is 2.69. The zero-order chi connectivity index (χ0) is 17.4. The molecule has 6 nitrogen and oxygen atoms in total. The van der Waals surface area contributed by atoms with Crippen molar-refractivity contribution in [1.82, 2.24) is 14.9 Å². The molecule has 1 aromatic heterocycles. The van der Waals surface area contributed by atoms with Crippen LogP contribution in [0.2, 0.25) is 0 Å². The van der Waals surface area contributed by atoms with Crippen molar-refractivity contribution in [2.45, 2.75) is 19.0 Å². The number of hydrogen-bond donors (Lipinski definition) is 1. The molecule has 0 saturated carbocycles. The van der Waals surface area contributed by atoms with Gasteiger partial charge >= 0.3 is 0 Å². The van der Waals surface area contributed by atoms with Crippen LogP contribution in [0.4, 0.5) is 5.69 Å². The third-order valence-electron chi connectivity index (χ3n) is 3.34. The maximum absolute atomic E-state index is 12.2. The number of benzene rings is 1. The highest BCUT2D eigenvalue weighted by atomic mass is 32.2. The molecule has 126 valence electrons. The summed E-state index contributed by atoms with van der Waals surface area (Å²) in [5.41, 5.74) is 1.27. The summed E-state index contributed by atoms with van der Waals surface area (Å²) < 4.78 is 0. The molecule has 24 heavy (non-hydrogen) atoms. The molecule has 0 aliphatic heterocycles. The molecule has 0 radical (unpaired) electrons. The van der Waals surface area contributed by atoms with Gasteiger partial charge in [-0.05, 0) is 44.2 Å². The number of amides is 2. The molecule has 0 unspecified atom stereocenters. The molecule has 0 aliphatic rings.